The Bertz CT molecular complexity index is 853. The zero-order valence-electron chi connectivity index (χ0n) is 13.7. The fraction of sp³-hybridized carbons (Fsp3) is 0.235. The van der Waals surface area contributed by atoms with Gasteiger partial charge in [0.15, 0.2) is 0 Å². The van der Waals surface area contributed by atoms with Gasteiger partial charge in [0, 0.05) is 18.8 Å². The molecule has 0 saturated carbocycles. The third-order valence-electron chi connectivity index (χ3n) is 3.66. The number of hydrogen-bond acceptors (Lipinski definition) is 5. The van der Waals surface area contributed by atoms with Gasteiger partial charge >= 0.3 is 0 Å². The smallest absolute Gasteiger partial charge is 0.268 e. The molecule has 1 N–H and O–H groups in total. The molecule has 3 rings (SSSR count). The maximum Gasteiger partial charge on any atom is 0.268 e. The summed E-state index contributed by atoms with van der Waals surface area (Å²) in [5.74, 6) is 1.30. The number of amides is 1. The van der Waals surface area contributed by atoms with E-state index in [4.69, 9.17) is 9.26 Å². The number of benzene rings is 1. The predicted molar refractivity (Wildman–Crippen MR) is 87.6 cm³/mol. The van der Waals surface area contributed by atoms with Gasteiger partial charge in [-0.1, -0.05) is 17.3 Å². The van der Waals surface area contributed by atoms with Crippen molar-refractivity contribution in [1.29, 1.82) is 0 Å². The van der Waals surface area contributed by atoms with Crippen LogP contribution in [0.1, 0.15) is 29.3 Å². The molecule has 0 saturated heterocycles. The average molecular weight is 326 g/mol. The third-order valence-corrected chi connectivity index (χ3v) is 3.66. The summed E-state index contributed by atoms with van der Waals surface area (Å²) in [6.07, 6.45) is 1.81. The van der Waals surface area contributed by atoms with Crippen molar-refractivity contribution < 1.29 is 14.1 Å². The molecule has 0 aliphatic carbocycles. The van der Waals surface area contributed by atoms with E-state index in [1.54, 1.807) is 24.7 Å². The average Bonchev–Trinajstić information content (AvgIpc) is 3.24. The molecule has 24 heavy (non-hydrogen) atoms. The van der Waals surface area contributed by atoms with Crippen LogP contribution in [-0.2, 0) is 7.05 Å². The molecule has 3 aromatic rings. The van der Waals surface area contributed by atoms with E-state index in [2.05, 4.69) is 15.5 Å². The Morgan fingerprint density at radius 1 is 1.33 bits per heavy atom. The van der Waals surface area contributed by atoms with Gasteiger partial charge in [0.05, 0.1) is 7.11 Å². The zero-order chi connectivity index (χ0) is 17.1. The van der Waals surface area contributed by atoms with Gasteiger partial charge in [-0.05, 0) is 31.2 Å². The van der Waals surface area contributed by atoms with Crippen molar-refractivity contribution in [3.63, 3.8) is 0 Å². The standard InChI is InChI=1S/C17H18N4O3/c1-11(18-16(22)14-8-5-9-21(14)2)17-19-15(20-24-17)12-6-4-7-13(10-12)23-3/h4-11H,1-3H3,(H,18,22)/t11-/m1/s1. The lowest BCUT2D eigenvalue weighted by Gasteiger charge is -2.10. The number of carbonyl (C=O) groups excluding carboxylic acids is 1. The topological polar surface area (TPSA) is 82.2 Å². The van der Waals surface area contributed by atoms with Crippen molar-refractivity contribution in [2.24, 2.45) is 7.05 Å². The van der Waals surface area contributed by atoms with Gasteiger partial charge in [-0.3, -0.25) is 4.79 Å². The van der Waals surface area contributed by atoms with E-state index in [1.807, 2.05) is 43.6 Å². The number of ether oxygens (including phenoxy) is 1. The quantitative estimate of drug-likeness (QED) is 0.779. The van der Waals surface area contributed by atoms with Crippen molar-refractivity contribution in [2.45, 2.75) is 13.0 Å². The summed E-state index contributed by atoms with van der Waals surface area (Å²) in [6, 6.07) is 10.5. The zero-order valence-corrected chi connectivity index (χ0v) is 13.7. The van der Waals surface area contributed by atoms with Crippen LogP contribution in [0.4, 0.5) is 0 Å². The fourth-order valence-electron chi connectivity index (χ4n) is 2.32. The van der Waals surface area contributed by atoms with Crippen molar-refractivity contribution in [1.82, 2.24) is 20.0 Å². The SMILES string of the molecule is COc1cccc(-c2noc([C@@H](C)NC(=O)c3cccn3C)n2)c1. The number of carbonyl (C=O) groups is 1. The molecular weight excluding hydrogens is 308 g/mol. The highest BCUT2D eigenvalue weighted by atomic mass is 16.5. The minimum absolute atomic E-state index is 0.198. The maximum absolute atomic E-state index is 12.2. The number of hydrogen-bond donors (Lipinski definition) is 1. The van der Waals surface area contributed by atoms with Gasteiger partial charge in [0.25, 0.3) is 5.91 Å². The molecule has 1 atom stereocenters. The molecule has 0 fully saturated rings. The first kappa shape index (κ1) is 15.8. The van der Waals surface area contributed by atoms with Crippen molar-refractivity contribution in [3.8, 4) is 17.1 Å². The van der Waals surface area contributed by atoms with Crippen LogP contribution in [0.5, 0.6) is 5.75 Å². The molecular formula is C17H18N4O3. The van der Waals surface area contributed by atoms with Crippen molar-refractivity contribution in [2.75, 3.05) is 7.11 Å². The molecule has 1 aromatic carbocycles. The second kappa shape index (κ2) is 6.57. The van der Waals surface area contributed by atoms with Gasteiger partial charge in [-0.25, -0.2) is 0 Å². The second-order valence-corrected chi connectivity index (χ2v) is 5.39. The number of nitrogens with zero attached hydrogens (tertiary/aromatic N) is 3. The lowest BCUT2D eigenvalue weighted by molar-refractivity contribution is 0.0924. The Labute approximate surface area is 139 Å². The molecule has 2 heterocycles. The molecule has 2 aromatic heterocycles. The molecule has 124 valence electrons. The summed E-state index contributed by atoms with van der Waals surface area (Å²) in [5, 5.41) is 6.82. The number of aromatic nitrogens is 3. The number of nitrogens with one attached hydrogen (secondary N) is 1. The van der Waals surface area contributed by atoms with Crippen LogP contribution in [0.15, 0.2) is 47.1 Å². The highest BCUT2D eigenvalue weighted by molar-refractivity contribution is 5.92. The summed E-state index contributed by atoms with van der Waals surface area (Å²) in [4.78, 5) is 16.6. The molecule has 0 bridgehead atoms. The van der Waals surface area contributed by atoms with Gasteiger partial charge in [-0.15, -0.1) is 0 Å². The van der Waals surface area contributed by atoms with Crippen LogP contribution in [-0.4, -0.2) is 27.7 Å². The van der Waals surface area contributed by atoms with Crippen LogP contribution in [0.25, 0.3) is 11.4 Å². The minimum Gasteiger partial charge on any atom is -0.497 e. The van der Waals surface area contributed by atoms with Crippen LogP contribution in [0, 0.1) is 0 Å². The lowest BCUT2D eigenvalue weighted by Crippen LogP contribution is -2.28. The molecule has 0 spiro atoms. The van der Waals surface area contributed by atoms with Crippen LogP contribution < -0.4 is 10.1 Å². The second-order valence-electron chi connectivity index (χ2n) is 5.39. The molecule has 0 unspecified atom stereocenters. The summed E-state index contributed by atoms with van der Waals surface area (Å²) in [7, 11) is 3.41. The molecule has 0 aliphatic rings. The monoisotopic (exact) mass is 326 g/mol. The van der Waals surface area contributed by atoms with E-state index in [0.29, 0.717) is 23.2 Å². The summed E-state index contributed by atoms with van der Waals surface area (Å²) in [6.45, 7) is 1.80. The van der Waals surface area contributed by atoms with Gasteiger partial charge in [0.1, 0.15) is 17.5 Å². The first-order valence-electron chi connectivity index (χ1n) is 7.48. The number of aryl methyl sites for hydroxylation is 1. The Kier molecular flexibility index (Phi) is 4.33. The van der Waals surface area contributed by atoms with E-state index < -0.39 is 6.04 Å². The Morgan fingerprint density at radius 3 is 2.88 bits per heavy atom. The highest BCUT2D eigenvalue weighted by Crippen LogP contribution is 2.22. The van der Waals surface area contributed by atoms with E-state index in [1.165, 1.54) is 0 Å². The highest BCUT2D eigenvalue weighted by Gasteiger charge is 2.19. The van der Waals surface area contributed by atoms with E-state index in [-0.39, 0.29) is 5.91 Å². The summed E-state index contributed by atoms with van der Waals surface area (Å²) < 4.78 is 12.2. The molecule has 7 nitrogen and oxygen atoms in total. The molecule has 0 radical (unpaired) electrons. The van der Waals surface area contributed by atoms with Crippen LogP contribution >= 0.6 is 0 Å². The Morgan fingerprint density at radius 2 is 2.17 bits per heavy atom. The first-order valence-corrected chi connectivity index (χ1v) is 7.48. The van der Waals surface area contributed by atoms with E-state index in [9.17, 15) is 4.79 Å². The molecule has 0 aliphatic heterocycles. The Hall–Kier alpha value is -3.09. The van der Waals surface area contributed by atoms with E-state index >= 15 is 0 Å². The predicted octanol–water partition coefficient (Wildman–Crippen LogP) is 2.57. The van der Waals surface area contributed by atoms with Gasteiger partial charge in [-0.2, -0.15) is 4.98 Å². The first-order chi connectivity index (χ1) is 11.6. The number of methoxy groups -OCH3 is 1. The minimum atomic E-state index is -0.403. The van der Waals surface area contributed by atoms with Gasteiger partial charge in [0.2, 0.25) is 11.7 Å². The number of rotatable bonds is 5. The molecule has 1 amide bonds. The van der Waals surface area contributed by atoms with Crippen molar-refractivity contribution >= 4 is 5.91 Å². The fourth-order valence-corrected chi connectivity index (χ4v) is 2.32. The molecule has 7 heteroatoms. The third kappa shape index (κ3) is 3.15. The van der Waals surface area contributed by atoms with Crippen molar-refractivity contribution in [3.05, 3.63) is 54.2 Å². The summed E-state index contributed by atoms with van der Waals surface area (Å²) in [5.41, 5.74) is 1.35. The van der Waals surface area contributed by atoms with Crippen LogP contribution in [0.2, 0.25) is 0 Å². The summed E-state index contributed by atoms with van der Waals surface area (Å²) >= 11 is 0. The largest absolute Gasteiger partial charge is 0.497 e. The lowest BCUT2D eigenvalue weighted by atomic mass is 10.2. The van der Waals surface area contributed by atoms with Crippen LogP contribution in [0.3, 0.4) is 0 Å². The maximum atomic E-state index is 12.2. The van der Waals surface area contributed by atoms with Gasteiger partial charge < -0.3 is 19.1 Å². The Balaban J connectivity index is 1.75. The normalized spacial score (nSPS) is 12.0. The van der Waals surface area contributed by atoms with E-state index in [0.717, 1.165) is 5.56 Å².